The summed E-state index contributed by atoms with van der Waals surface area (Å²) in [6.45, 7) is 0.823. The van der Waals surface area contributed by atoms with Crippen LogP contribution in [-0.2, 0) is 22.6 Å². The summed E-state index contributed by atoms with van der Waals surface area (Å²) in [7, 11) is -0.877. The van der Waals surface area contributed by atoms with Crippen molar-refractivity contribution in [3.05, 3.63) is 76.7 Å². The van der Waals surface area contributed by atoms with Crippen molar-refractivity contribution in [1.29, 1.82) is 0 Å². The molecule has 0 saturated carbocycles. The molecule has 1 fully saturated rings. The van der Waals surface area contributed by atoms with E-state index < -0.39 is 43.8 Å². The van der Waals surface area contributed by atoms with Gasteiger partial charge < -0.3 is 9.80 Å². The van der Waals surface area contributed by atoms with Crippen molar-refractivity contribution in [3.63, 3.8) is 0 Å². The summed E-state index contributed by atoms with van der Waals surface area (Å²) >= 11 is 6.17. The van der Waals surface area contributed by atoms with Gasteiger partial charge in [0.1, 0.15) is 23.8 Å². The first-order valence-electron chi connectivity index (χ1n) is 12.3. The highest BCUT2D eigenvalue weighted by Gasteiger charge is 2.38. The SMILES string of the molecule is CN(C)[C@]1(CCc2ccc(C(F)(F)F)cc2Cl)CCCN(c2cc(F)c(S(=O)(=O)Nc3ccncn3)c(F)c2)C1. The molecule has 1 N–H and O–H groups in total. The van der Waals surface area contributed by atoms with Crippen LogP contribution in [0.5, 0.6) is 0 Å². The Hall–Kier alpha value is -3.03. The summed E-state index contributed by atoms with van der Waals surface area (Å²) in [6, 6.07) is 6.49. The fourth-order valence-electron chi connectivity index (χ4n) is 4.94. The molecule has 0 aliphatic carbocycles. The minimum atomic E-state index is -4.61. The third kappa shape index (κ3) is 6.47. The molecular weight excluding hydrogens is 577 g/mol. The Morgan fingerprint density at radius 2 is 1.82 bits per heavy atom. The number of hydrogen-bond donors (Lipinski definition) is 1. The minimum Gasteiger partial charge on any atom is -0.370 e. The molecule has 4 rings (SSSR count). The van der Waals surface area contributed by atoms with Gasteiger partial charge in [-0.15, -0.1) is 0 Å². The molecule has 0 radical (unpaired) electrons. The Morgan fingerprint density at radius 3 is 2.40 bits per heavy atom. The highest BCUT2D eigenvalue weighted by Crippen LogP contribution is 2.37. The van der Waals surface area contributed by atoms with E-state index in [0.717, 1.165) is 37.0 Å². The van der Waals surface area contributed by atoms with Crippen molar-refractivity contribution in [2.24, 2.45) is 0 Å². The van der Waals surface area contributed by atoms with Gasteiger partial charge in [0.05, 0.1) is 5.56 Å². The van der Waals surface area contributed by atoms with Gasteiger partial charge in [-0.05, 0) is 75.7 Å². The van der Waals surface area contributed by atoms with Crippen LogP contribution in [0.3, 0.4) is 0 Å². The fourth-order valence-corrected chi connectivity index (χ4v) is 6.35. The number of rotatable bonds is 8. The number of benzene rings is 2. The molecule has 0 bridgehead atoms. The second-order valence-electron chi connectivity index (χ2n) is 9.89. The maximum absolute atomic E-state index is 15.1. The maximum Gasteiger partial charge on any atom is 0.416 e. The number of piperidine rings is 1. The summed E-state index contributed by atoms with van der Waals surface area (Å²) in [6.07, 6.45) is 0.167. The molecule has 1 aliphatic heterocycles. The number of halogens is 6. The first-order chi connectivity index (χ1) is 18.7. The van der Waals surface area contributed by atoms with Gasteiger partial charge in [0.25, 0.3) is 10.0 Å². The zero-order valence-electron chi connectivity index (χ0n) is 21.6. The van der Waals surface area contributed by atoms with Crippen LogP contribution in [0.2, 0.25) is 5.02 Å². The maximum atomic E-state index is 15.1. The molecule has 40 heavy (non-hydrogen) atoms. The van der Waals surface area contributed by atoms with Crippen molar-refractivity contribution in [1.82, 2.24) is 14.9 Å². The number of aryl methyl sites for hydroxylation is 1. The molecule has 216 valence electrons. The monoisotopic (exact) mass is 603 g/mol. The number of aromatic nitrogens is 2. The number of likely N-dealkylation sites (N-methyl/N-ethyl adjacent to an activating group) is 1. The molecule has 3 aromatic rings. The topological polar surface area (TPSA) is 78.4 Å². The van der Waals surface area contributed by atoms with Crippen molar-refractivity contribution in [2.45, 2.75) is 42.3 Å². The second kappa shape index (κ2) is 11.5. The number of alkyl halides is 3. The molecule has 1 saturated heterocycles. The molecule has 2 heterocycles. The minimum absolute atomic E-state index is 0.0212. The molecule has 2 aromatic carbocycles. The average Bonchev–Trinajstić information content (AvgIpc) is 2.87. The molecule has 0 spiro atoms. The largest absolute Gasteiger partial charge is 0.416 e. The van der Waals surface area contributed by atoms with Gasteiger partial charge in [0, 0.05) is 35.5 Å². The lowest BCUT2D eigenvalue weighted by Gasteiger charge is -2.48. The Kier molecular flexibility index (Phi) is 8.57. The van der Waals surface area contributed by atoms with Crippen molar-refractivity contribution < 1.29 is 30.4 Å². The molecule has 1 aliphatic rings. The number of hydrogen-bond acceptors (Lipinski definition) is 6. The summed E-state index contributed by atoms with van der Waals surface area (Å²) in [5.74, 6) is -2.65. The molecule has 0 amide bonds. The van der Waals surface area contributed by atoms with Gasteiger partial charge in [-0.1, -0.05) is 17.7 Å². The number of anilines is 2. The van der Waals surface area contributed by atoms with Crippen LogP contribution in [0.15, 0.2) is 53.8 Å². The zero-order chi connectivity index (χ0) is 29.3. The van der Waals surface area contributed by atoms with Crippen molar-refractivity contribution >= 4 is 33.1 Å². The summed E-state index contributed by atoms with van der Waals surface area (Å²) in [5.41, 5.74) is -0.573. The lowest BCUT2D eigenvalue weighted by Crippen LogP contribution is -2.56. The van der Waals surface area contributed by atoms with E-state index in [1.165, 1.54) is 18.3 Å². The van der Waals surface area contributed by atoms with Crippen LogP contribution in [-0.4, -0.2) is 56.0 Å². The summed E-state index contributed by atoms with van der Waals surface area (Å²) in [4.78, 5) is 10.0. The Bertz CT molecular complexity index is 1450. The lowest BCUT2D eigenvalue weighted by molar-refractivity contribution is -0.137. The summed E-state index contributed by atoms with van der Waals surface area (Å²) in [5, 5.41) is 0.0212. The molecule has 1 atom stereocenters. The van der Waals surface area contributed by atoms with E-state index >= 15 is 8.78 Å². The number of nitrogens with one attached hydrogen (secondary N) is 1. The first kappa shape index (κ1) is 29.9. The van der Waals surface area contributed by atoms with E-state index in [0.29, 0.717) is 37.9 Å². The standard InChI is InChI=1S/C26H27ClF5N5O2S/c1-36(2)25(9-6-17-4-5-18(12-20(17)27)26(30,31)32)8-3-11-37(15-25)19-13-21(28)24(22(29)14-19)40(38,39)35-23-7-10-33-16-34-23/h4-5,7,10,12-14,16H,3,6,8-9,11,15H2,1-2H3,(H,33,34,35)/t25-/m0/s1. The van der Waals surface area contributed by atoms with Gasteiger partial charge in [0.2, 0.25) is 0 Å². The zero-order valence-corrected chi connectivity index (χ0v) is 23.2. The molecule has 0 unspecified atom stereocenters. The van der Waals surface area contributed by atoms with Crippen LogP contribution < -0.4 is 9.62 Å². The summed E-state index contributed by atoms with van der Waals surface area (Å²) < 4.78 is 96.8. The second-order valence-corrected chi connectivity index (χ2v) is 11.9. The van der Waals surface area contributed by atoms with Gasteiger partial charge >= 0.3 is 6.18 Å². The van der Waals surface area contributed by atoms with E-state index in [2.05, 4.69) is 9.97 Å². The highest BCUT2D eigenvalue weighted by molar-refractivity contribution is 7.92. The molecular formula is C26H27ClF5N5O2S. The quantitative estimate of drug-likeness (QED) is 0.330. The smallest absolute Gasteiger partial charge is 0.370 e. The van der Waals surface area contributed by atoms with Crippen molar-refractivity contribution in [2.75, 3.05) is 36.8 Å². The van der Waals surface area contributed by atoms with E-state index in [1.807, 2.05) is 23.7 Å². The predicted octanol–water partition coefficient (Wildman–Crippen LogP) is 5.76. The first-order valence-corrected chi connectivity index (χ1v) is 14.1. The van der Waals surface area contributed by atoms with Crippen LogP contribution in [0.25, 0.3) is 0 Å². The van der Waals surface area contributed by atoms with Crippen LogP contribution in [0.4, 0.5) is 33.5 Å². The van der Waals surface area contributed by atoms with Crippen LogP contribution in [0.1, 0.15) is 30.4 Å². The van der Waals surface area contributed by atoms with E-state index in [9.17, 15) is 21.6 Å². The van der Waals surface area contributed by atoms with Gasteiger partial charge in [-0.3, -0.25) is 4.72 Å². The van der Waals surface area contributed by atoms with Gasteiger partial charge in [0.15, 0.2) is 4.90 Å². The third-order valence-corrected chi connectivity index (χ3v) is 8.94. The molecule has 7 nitrogen and oxygen atoms in total. The Balaban J connectivity index is 1.56. The third-order valence-electron chi connectivity index (χ3n) is 7.18. The number of sulfonamides is 1. The van der Waals surface area contributed by atoms with Crippen LogP contribution in [0, 0.1) is 11.6 Å². The normalized spacial score (nSPS) is 18.3. The van der Waals surface area contributed by atoms with E-state index in [4.69, 9.17) is 11.6 Å². The Morgan fingerprint density at radius 1 is 1.12 bits per heavy atom. The van der Waals surface area contributed by atoms with Gasteiger partial charge in [-0.2, -0.15) is 13.2 Å². The highest BCUT2D eigenvalue weighted by atomic mass is 35.5. The molecule has 1 aromatic heterocycles. The molecule has 14 heteroatoms. The van der Waals surface area contributed by atoms with Gasteiger partial charge in [-0.25, -0.2) is 27.2 Å². The van der Waals surface area contributed by atoms with E-state index in [1.54, 1.807) is 4.90 Å². The number of nitrogens with zero attached hydrogens (tertiary/aromatic N) is 4. The predicted molar refractivity (Wildman–Crippen MR) is 142 cm³/mol. The fraction of sp³-hybridized carbons (Fsp3) is 0.385. The average molecular weight is 604 g/mol. The van der Waals surface area contributed by atoms with Crippen LogP contribution >= 0.6 is 11.6 Å². The lowest BCUT2D eigenvalue weighted by atomic mass is 9.82. The van der Waals surface area contributed by atoms with Crippen molar-refractivity contribution in [3.8, 4) is 0 Å². The van der Waals surface area contributed by atoms with E-state index in [-0.39, 0.29) is 16.5 Å². The Labute approximate surface area is 234 Å².